The molecule has 166 valence electrons. The van der Waals surface area contributed by atoms with Crippen LogP contribution >= 0.6 is 0 Å². The third-order valence-electron chi connectivity index (χ3n) is 6.34. The van der Waals surface area contributed by atoms with E-state index in [9.17, 15) is 4.79 Å². The van der Waals surface area contributed by atoms with Crippen molar-refractivity contribution in [3.63, 3.8) is 0 Å². The largest absolute Gasteiger partial charge is 0.356 e. The summed E-state index contributed by atoms with van der Waals surface area (Å²) in [5, 5.41) is 3.20. The molecule has 5 nitrogen and oxygen atoms in total. The summed E-state index contributed by atoms with van der Waals surface area (Å²) >= 11 is 0. The van der Waals surface area contributed by atoms with Gasteiger partial charge in [0, 0.05) is 44.4 Å². The molecule has 1 N–H and O–H groups in total. The number of nitrogens with one attached hydrogen (secondary N) is 1. The number of nitrogens with zero attached hydrogens (tertiary/aromatic N) is 3. The third kappa shape index (κ3) is 5.40. The number of hydrogen-bond donors (Lipinski definition) is 1. The molecule has 32 heavy (non-hydrogen) atoms. The van der Waals surface area contributed by atoms with Gasteiger partial charge in [-0.25, -0.2) is 0 Å². The van der Waals surface area contributed by atoms with Crippen LogP contribution in [0.2, 0.25) is 0 Å². The van der Waals surface area contributed by atoms with Crippen LogP contribution in [0.25, 0.3) is 11.1 Å². The van der Waals surface area contributed by atoms with Crippen LogP contribution in [0, 0.1) is 5.41 Å². The van der Waals surface area contributed by atoms with Gasteiger partial charge in [0.2, 0.25) is 5.91 Å². The molecule has 1 fully saturated rings. The molecule has 3 heterocycles. The first kappa shape index (κ1) is 22.2. The Morgan fingerprint density at radius 2 is 1.59 bits per heavy atom. The van der Waals surface area contributed by atoms with E-state index in [2.05, 4.69) is 63.5 Å². The van der Waals surface area contributed by atoms with Crippen molar-refractivity contribution in [3.8, 4) is 11.1 Å². The molecule has 1 saturated heterocycles. The molecule has 1 aliphatic rings. The van der Waals surface area contributed by atoms with Gasteiger partial charge in [0.25, 0.3) is 0 Å². The van der Waals surface area contributed by atoms with Crippen molar-refractivity contribution in [1.29, 1.82) is 0 Å². The molecule has 3 aromatic rings. The summed E-state index contributed by atoms with van der Waals surface area (Å²) in [5.74, 6) is 0.192. The van der Waals surface area contributed by atoms with E-state index in [1.807, 2.05) is 36.9 Å². The van der Waals surface area contributed by atoms with Crippen LogP contribution in [-0.4, -0.2) is 40.4 Å². The highest BCUT2D eigenvalue weighted by molar-refractivity contribution is 5.83. The lowest BCUT2D eigenvalue weighted by molar-refractivity contribution is -0.134. The number of likely N-dealkylation sites (tertiary alicyclic amines) is 1. The summed E-state index contributed by atoms with van der Waals surface area (Å²) in [5.41, 5.74) is 4.37. The predicted octanol–water partition coefficient (Wildman–Crippen LogP) is 4.49. The van der Waals surface area contributed by atoms with E-state index in [4.69, 9.17) is 0 Å². The molecular formula is C27H32N4O. The first-order valence-electron chi connectivity index (χ1n) is 11.6. The molecule has 1 aromatic carbocycles. The Labute approximate surface area is 190 Å². The molecule has 0 saturated carbocycles. The van der Waals surface area contributed by atoms with Gasteiger partial charge in [0.1, 0.15) is 0 Å². The molecule has 1 amide bonds. The molecule has 0 unspecified atom stereocenters. The minimum Gasteiger partial charge on any atom is -0.356 e. The molecule has 0 bridgehead atoms. The SMILES string of the molecule is CCCNC(=O)[C@]1(Cc2ccc(-c3ccncc3)cc2)CCCN(Cc2ccncc2)C1. The zero-order chi connectivity index (χ0) is 22.2. The maximum absolute atomic E-state index is 13.4. The van der Waals surface area contributed by atoms with E-state index >= 15 is 0 Å². The van der Waals surface area contributed by atoms with Crippen LogP contribution < -0.4 is 5.32 Å². The van der Waals surface area contributed by atoms with Crippen LogP contribution in [0.5, 0.6) is 0 Å². The van der Waals surface area contributed by atoms with Crippen molar-refractivity contribution in [2.75, 3.05) is 19.6 Å². The van der Waals surface area contributed by atoms with E-state index in [-0.39, 0.29) is 5.91 Å². The number of carbonyl (C=O) groups excluding carboxylic acids is 1. The Hall–Kier alpha value is -3.05. The van der Waals surface area contributed by atoms with Crippen LogP contribution in [-0.2, 0) is 17.8 Å². The van der Waals surface area contributed by atoms with Crippen molar-refractivity contribution < 1.29 is 4.79 Å². The molecule has 0 radical (unpaired) electrons. The van der Waals surface area contributed by atoms with Gasteiger partial charge in [0.05, 0.1) is 5.41 Å². The zero-order valence-corrected chi connectivity index (χ0v) is 18.8. The second-order valence-electron chi connectivity index (χ2n) is 8.82. The van der Waals surface area contributed by atoms with Gasteiger partial charge >= 0.3 is 0 Å². The molecule has 1 aliphatic heterocycles. The van der Waals surface area contributed by atoms with Gasteiger partial charge in [0.15, 0.2) is 0 Å². The number of piperidine rings is 1. The van der Waals surface area contributed by atoms with Crippen molar-refractivity contribution >= 4 is 5.91 Å². The maximum Gasteiger partial charge on any atom is 0.227 e. The Kier molecular flexibility index (Phi) is 7.28. The van der Waals surface area contributed by atoms with E-state index in [1.165, 1.54) is 16.7 Å². The minimum absolute atomic E-state index is 0.192. The van der Waals surface area contributed by atoms with Crippen molar-refractivity contribution in [1.82, 2.24) is 20.2 Å². The van der Waals surface area contributed by atoms with Crippen LogP contribution in [0.3, 0.4) is 0 Å². The van der Waals surface area contributed by atoms with Crippen LogP contribution in [0.4, 0.5) is 0 Å². The maximum atomic E-state index is 13.4. The van der Waals surface area contributed by atoms with Gasteiger partial charge in [-0.15, -0.1) is 0 Å². The monoisotopic (exact) mass is 428 g/mol. The summed E-state index contributed by atoms with van der Waals surface area (Å²) in [6.07, 6.45) is 11.0. The zero-order valence-electron chi connectivity index (χ0n) is 18.8. The molecule has 0 spiro atoms. The van der Waals surface area contributed by atoms with E-state index < -0.39 is 5.41 Å². The van der Waals surface area contributed by atoms with Gasteiger partial charge in [-0.05, 0) is 78.7 Å². The fourth-order valence-electron chi connectivity index (χ4n) is 4.69. The smallest absolute Gasteiger partial charge is 0.227 e. The Morgan fingerprint density at radius 1 is 0.938 bits per heavy atom. The molecule has 0 aliphatic carbocycles. The summed E-state index contributed by atoms with van der Waals surface area (Å²) in [7, 11) is 0. The fraction of sp³-hybridized carbons (Fsp3) is 0.370. The van der Waals surface area contributed by atoms with Crippen LogP contribution in [0.15, 0.2) is 73.3 Å². The van der Waals surface area contributed by atoms with Gasteiger partial charge in [-0.1, -0.05) is 31.2 Å². The molecule has 4 rings (SSSR count). The van der Waals surface area contributed by atoms with Crippen molar-refractivity contribution in [2.45, 2.75) is 39.2 Å². The first-order chi connectivity index (χ1) is 15.7. The highest BCUT2D eigenvalue weighted by Gasteiger charge is 2.42. The van der Waals surface area contributed by atoms with E-state index in [1.54, 1.807) is 0 Å². The summed E-state index contributed by atoms with van der Waals surface area (Å²) in [6.45, 7) is 5.47. The van der Waals surface area contributed by atoms with Gasteiger partial charge in [-0.2, -0.15) is 0 Å². The number of carbonyl (C=O) groups is 1. The summed E-state index contributed by atoms with van der Waals surface area (Å²) < 4.78 is 0. The van der Waals surface area contributed by atoms with E-state index in [0.29, 0.717) is 0 Å². The predicted molar refractivity (Wildman–Crippen MR) is 128 cm³/mol. The highest BCUT2D eigenvalue weighted by Crippen LogP contribution is 2.35. The number of benzene rings is 1. The third-order valence-corrected chi connectivity index (χ3v) is 6.34. The quantitative estimate of drug-likeness (QED) is 0.574. The molecule has 2 aromatic heterocycles. The summed E-state index contributed by atoms with van der Waals surface area (Å²) in [6, 6.07) is 16.8. The average molecular weight is 429 g/mol. The first-order valence-corrected chi connectivity index (χ1v) is 11.6. The number of aromatic nitrogens is 2. The van der Waals surface area contributed by atoms with Gasteiger partial charge in [-0.3, -0.25) is 19.7 Å². The second-order valence-corrected chi connectivity index (χ2v) is 8.82. The normalized spacial score (nSPS) is 18.9. The lowest BCUT2D eigenvalue weighted by atomic mass is 9.74. The Balaban J connectivity index is 1.54. The van der Waals surface area contributed by atoms with Gasteiger partial charge < -0.3 is 5.32 Å². The fourth-order valence-corrected chi connectivity index (χ4v) is 4.69. The molecular weight excluding hydrogens is 396 g/mol. The number of pyridine rings is 2. The summed E-state index contributed by atoms with van der Waals surface area (Å²) in [4.78, 5) is 24.1. The molecule has 1 atom stereocenters. The topological polar surface area (TPSA) is 58.1 Å². The number of hydrogen-bond acceptors (Lipinski definition) is 4. The number of amides is 1. The van der Waals surface area contributed by atoms with Crippen molar-refractivity contribution in [3.05, 3.63) is 84.4 Å². The van der Waals surface area contributed by atoms with Crippen LogP contribution in [0.1, 0.15) is 37.3 Å². The highest BCUT2D eigenvalue weighted by atomic mass is 16.2. The van der Waals surface area contributed by atoms with Crippen molar-refractivity contribution in [2.24, 2.45) is 5.41 Å². The lowest BCUT2D eigenvalue weighted by Crippen LogP contribution is -2.53. The second kappa shape index (κ2) is 10.5. The lowest BCUT2D eigenvalue weighted by Gasteiger charge is -2.42. The standard InChI is InChI=1S/C27H32N4O/c1-2-13-30-26(32)27(12-3-18-31(21-27)20-23-8-14-28-15-9-23)19-22-4-6-24(7-5-22)25-10-16-29-17-11-25/h4-11,14-17H,2-3,12-13,18-21H2,1H3,(H,30,32)/t27-/m0/s1. The Morgan fingerprint density at radius 3 is 2.28 bits per heavy atom. The Bertz CT molecular complexity index is 991. The average Bonchev–Trinajstić information content (AvgIpc) is 2.84. The minimum atomic E-state index is -0.404. The number of rotatable bonds is 8. The molecule has 5 heteroatoms. The van der Waals surface area contributed by atoms with E-state index in [0.717, 1.165) is 57.4 Å².